The van der Waals surface area contributed by atoms with Gasteiger partial charge in [-0.25, -0.2) is 4.39 Å². The molecule has 2 heteroatoms. The number of rotatable bonds is 4. The fraction of sp³-hybridized carbons (Fsp3) is 0.250. The third kappa shape index (κ3) is 2.96. The summed E-state index contributed by atoms with van der Waals surface area (Å²) in [6, 6.07) is 13.0. The first-order valence-corrected chi connectivity index (χ1v) is 6.27. The Labute approximate surface area is 108 Å². The minimum atomic E-state index is -0.191. The van der Waals surface area contributed by atoms with Crippen LogP contribution in [0.5, 0.6) is 0 Å². The van der Waals surface area contributed by atoms with Gasteiger partial charge in [-0.2, -0.15) is 0 Å². The van der Waals surface area contributed by atoms with Crippen molar-refractivity contribution in [3.05, 3.63) is 59.4 Å². The number of benzene rings is 2. The molecule has 0 aliphatic carbocycles. The van der Waals surface area contributed by atoms with E-state index in [9.17, 15) is 4.39 Å². The minimum Gasteiger partial charge on any atom is -0.313 e. The van der Waals surface area contributed by atoms with Gasteiger partial charge in [0, 0.05) is 6.54 Å². The summed E-state index contributed by atoms with van der Waals surface area (Å²) in [4.78, 5) is 0. The molecule has 0 heterocycles. The summed E-state index contributed by atoms with van der Waals surface area (Å²) in [6.07, 6.45) is 0. The highest BCUT2D eigenvalue weighted by molar-refractivity contribution is 5.67. The molecule has 2 aromatic carbocycles. The lowest BCUT2D eigenvalue weighted by atomic mass is 9.98. The molecule has 0 aliphatic heterocycles. The van der Waals surface area contributed by atoms with Crippen molar-refractivity contribution in [3.63, 3.8) is 0 Å². The molecule has 2 aromatic rings. The highest BCUT2D eigenvalue weighted by Crippen LogP contribution is 2.24. The maximum absolute atomic E-state index is 13.2. The molecule has 0 aromatic heterocycles. The summed E-state index contributed by atoms with van der Waals surface area (Å²) >= 11 is 0. The molecule has 0 fully saturated rings. The molecular formula is C16H18FN. The van der Waals surface area contributed by atoms with Crippen molar-refractivity contribution >= 4 is 0 Å². The molecule has 1 N–H and O–H groups in total. The molecule has 0 amide bonds. The maximum atomic E-state index is 13.2. The Morgan fingerprint density at radius 2 is 1.94 bits per heavy atom. The SMILES string of the molecule is CCNCc1ccc(-c2cccc(F)c2)c(C)c1. The lowest BCUT2D eigenvalue weighted by Crippen LogP contribution is -2.11. The normalized spacial score (nSPS) is 10.6. The van der Waals surface area contributed by atoms with E-state index >= 15 is 0 Å². The molecule has 0 unspecified atom stereocenters. The fourth-order valence-electron chi connectivity index (χ4n) is 2.08. The quantitative estimate of drug-likeness (QED) is 0.858. The second kappa shape index (κ2) is 5.78. The van der Waals surface area contributed by atoms with Gasteiger partial charge in [0.25, 0.3) is 0 Å². The van der Waals surface area contributed by atoms with Gasteiger partial charge in [-0.1, -0.05) is 37.3 Å². The topological polar surface area (TPSA) is 12.0 Å². The van der Waals surface area contributed by atoms with E-state index < -0.39 is 0 Å². The summed E-state index contributed by atoms with van der Waals surface area (Å²) in [5.74, 6) is -0.191. The van der Waals surface area contributed by atoms with Crippen LogP contribution < -0.4 is 5.32 Å². The number of aryl methyl sites for hydroxylation is 1. The zero-order valence-corrected chi connectivity index (χ0v) is 10.8. The van der Waals surface area contributed by atoms with Gasteiger partial charge in [-0.15, -0.1) is 0 Å². The molecule has 94 valence electrons. The highest BCUT2D eigenvalue weighted by atomic mass is 19.1. The van der Waals surface area contributed by atoms with E-state index in [2.05, 4.69) is 37.4 Å². The van der Waals surface area contributed by atoms with Gasteiger partial charge in [0.15, 0.2) is 0 Å². The Kier molecular flexibility index (Phi) is 4.11. The van der Waals surface area contributed by atoms with E-state index in [4.69, 9.17) is 0 Å². The smallest absolute Gasteiger partial charge is 0.123 e. The summed E-state index contributed by atoms with van der Waals surface area (Å²) in [6.45, 7) is 6.00. The first-order valence-electron chi connectivity index (χ1n) is 6.27. The van der Waals surface area contributed by atoms with Crippen LogP contribution in [0.15, 0.2) is 42.5 Å². The molecule has 0 radical (unpaired) electrons. The van der Waals surface area contributed by atoms with Gasteiger partial charge in [-0.3, -0.25) is 0 Å². The second-order valence-electron chi connectivity index (χ2n) is 4.44. The summed E-state index contributed by atoms with van der Waals surface area (Å²) in [5, 5.41) is 3.30. The highest BCUT2D eigenvalue weighted by Gasteiger charge is 2.04. The van der Waals surface area contributed by atoms with Crippen molar-refractivity contribution in [2.24, 2.45) is 0 Å². The minimum absolute atomic E-state index is 0.191. The molecule has 0 aliphatic rings. The van der Waals surface area contributed by atoms with Gasteiger partial charge in [0.2, 0.25) is 0 Å². The van der Waals surface area contributed by atoms with Gasteiger partial charge in [0.05, 0.1) is 0 Å². The number of hydrogen-bond acceptors (Lipinski definition) is 1. The fourth-order valence-corrected chi connectivity index (χ4v) is 2.08. The molecular weight excluding hydrogens is 225 g/mol. The maximum Gasteiger partial charge on any atom is 0.123 e. The number of halogens is 1. The summed E-state index contributed by atoms with van der Waals surface area (Å²) in [7, 11) is 0. The van der Waals surface area contributed by atoms with Crippen LogP contribution in [0.2, 0.25) is 0 Å². The van der Waals surface area contributed by atoms with Crippen LogP contribution in [0.4, 0.5) is 4.39 Å². The van der Waals surface area contributed by atoms with Crippen molar-refractivity contribution in [1.82, 2.24) is 5.32 Å². The van der Waals surface area contributed by atoms with E-state index in [0.29, 0.717) is 0 Å². The largest absolute Gasteiger partial charge is 0.313 e. The van der Waals surface area contributed by atoms with E-state index in [1.54, 1.807) is 12.1 Å². The van der Waals surface area contributed by atoms with Crippen LogP contribution in [0.25, 0.3) is 11.1 Å². The van der Waals surface area contributed by atoms with Crippen molar-refractivity contribution in [3.8, 4) is 11.1 Å². The van der Waals surface area contributed by atoms with Crippen LogP contribution in [-0.2, 0) is 6.54 Å². The summed E-state index contributed by atoms with van der Waals surface area (Å²) in [5.41, 5.74) is 4.46. The number of hydrogen-bond donors (Lipinski definition) is 1. The van der Waals surface area contributed by atoms with Crippen LogP contribution in [0.1, 0.15) is 18.1 Å². The van der Waals surface area contributed by atoms with E-state index in [1.165, 1.54) is 17.2 Å². The first kappa shape index (κ1) is 12.8. The van der Waals surface area contributed by atoms with Gasteiger partial charge < -0.3 is 5.32 Å². The molecule has 0 saturated heterocycles. The van der Waals surface area contributed by atoms with Crippen molar-refractivity contribution < 1.29 is 4.39 Å². The molecule has 1 nitrogen and oxygen atoms in total. The Morgan fingerprint density at radius 1 is 1.11 bits per heavy atom. The van der Waals surface area contributed by atoms with Gasteiger partial charge in [-0.05, 0) is 47.9 Å². The van der Waals surface area contributed by atoms with Gasteiger partial charge in [0.1, 0.15) is 5.82 Å². The molecule has 0 atom stereocenters. The Bertz CT molecular complexity index is 534. The second-order valence-corrected chi connectivity index (χ2v) is 4.44. The Hall–Kier alpha value is -1.67. The predicted octanol–water partition coefficient (Wildman–Crippen LogP) is 3.91. The van der Waals surface area contributed by atoms with Crippen molar-refractivity contribution in [2.75, 3.05) is 6.54 Å². The van der Waals surface area contributed by atoms with Gasteiger partial charge >= 0.3 is 0 Å². The van der Waals surface area contributed by atoms with E-state index in [-0.39, 0.29) is 5.82 Å². The standard InChI is InChI=1S/C16H18FN/c1-3-18-11-13-7-8-16(12(2)9-13)14-5-4-6-15(17)10-14/h4-10,18H,3,11H2,1-2H3. The van der Waals surface area contributed by atoms with Crippen molar-refractivity contribution in [1.29, 1.82) is 0 Å². The van der Waals surface area contributed by atoms with E-state index in [1.807, 2.05) is 6.07 Å². The Morgan fingerprint density at radius 3 is 2.61 bits per heavy atom. The third-order valence-electron chi connectivity index (χ3n) is 3.01. The van der Waals surface area contributed by atoms with E-state index in [0.717, 1.165) is 24.2 Å². The average Bonchev–Trinajstić information content (AvgIpc) is 2.36. The predicted molar refractivity (Wildman–Crippen MR) is 74.0 cm³/mol. The zero-order valence-electron chi connectivity index (χ0n) is 10.8. The lowest BCUT2D eigenvalue weighted by molar-refractivity contribution is 0.628. The number of nitrogens with one attached hydrogen (secondary N) is 1. The summed E-state index contributed by atoms with van der Waals surface area (Å²) < 4.78 is 13.2. The zero-order chi connectivity index (χ0) is 13.0. The monoisotopic (exact) mass is 243 g/mol. The molecule has 0 spiro atoms. The van der Waals surface area contributed by atoms with Crippen molar-refractivity contribution in [2.45, 2.75) is 20.4 Å². The molecule has 0 bridgehead atoms. The van der Waals surface area contributed by atoms with Crippen LogP contribution in [-0.4, -0.2) is 6.54 Å². The van der Waals surface area contributed by atoms with Crippen LogP contribution >= 0.6 is 0 Å². The molecule has 0 saturated carbocycles. The molecule has 2 rings (SSSR count). The van der Waals surface area contributed by atoms with Crippen LogP contribution in [0.3, 0.4) is 0 Å². The average molecular weight is 243 g/mol. The lowest BCUT2D eigenvalue weighted by Gasteiger charge is -2.09. The Balaban J connectivity index is 2.29. The first-order chi connectivity index (χ1) is 8.70. The van der Waals surface area contributed by atoms with Crippen LogP contribution in [0, 0.1) is 12.7 Å². The molecule has 18 heavy (non-hydrogen) atoms. The third-order valence-corrected chi connectivity index (χ3v) is 3.01.